The number of rotatable bonds is 5. The fraction of sp³-hybridized carbons (Fsp3) is 0.222. The van der Waals surface area contributed by atoms with Gasteiger partial charge in [0.25, 0.3) is 5.91 Å². The van der Waals surface area contributed by atoms with E-state index in [9.17, 15) is 4.79 Å². The Labute approximate surface area is 140 Å². The van der Waals surface area contributed by atoms with Crippen molar-refractivity contribution >= 4 is 16.8 Å². The summed E-state index contributed by atoms with van der Waals surface area (Å²) in [6, 6.07) is 13.1. The molecule has 1 aromatic heterocycles. The molecule has 0 saturated heterocycles. The first-order valence-corrected chi connectivity index (χ1v) is 7.53. The zero-order valence-electron chi connectivity index (χ0n) is 13.9. The van der Waals surface area contributed by atoms with Gasteiger partial charge in [-0.1, -0.05) is 18.2 Å². The molecule has 0 aliphatic carbocycles. The van der Waals surface area contributed by atoms with Crippen molar-refractivity contribution in [3.05, 3.63) is 53.7 Å². The summed E-state index contributed by atoms with van der Waals surface area (Å²) in [7, 11) is 4.95. The van der Waals surface area contributed by atoms with Gasteiger partial charge < -0.3 is 14.4 Å². The first kappa shape index (κ1) is 15.9. The molecule has 0 unspecified atom stereocenters. The van der Waals surface area contributed by atoms with E-state index < -0.39 is 0 Å². The maximum Gasteiger partial charge on any atom is 0.275 e. The predicted molar refractivity (Wildman–Crippen MR) is 91.4 cm³/mol. The summed E-state index contributed by atoms with van der Waals surface area (Å²) in [6.07, 6.45) is 0. The number of nitrogens with one attached hydrogen (secondary N) is 1. The number of benzene rings is 2. The quantitative estimate of drug-likeness (QED) is 0.783. The molecule has 24 heavy (non-hydrogen) atoms. The normalized spacial score (nSPS) is 10.6. The van der Waals surface area contributed by atoms with Gasteiger partial charge in [0, 0.05) is 30.6 Å². The van der Waals surface area contributed by atoms with Gasteiger partial charge in [-0.15, -0.1) is 0 Å². The maximum absolute atomic E-state index is 12.7. The second kappa shape index (κ2) is 6.62. The van der Waals surface area contributed by atoms with E-state index in [4.69, 9.17) is 9.47 Å². The van der Waals surface area contributed by atoms with Crippen LogP contribution in [-0.2, 0) is 6.54 Å². The third-order valence-electron chi connectivity index (χ3n) is 3.92. The molecule has 0 radical (unpaired) electrons. The Morgan fingerprint density at radius 1 is 1.17 bits per heavy atom. The van der Waals surface area contributed by atoms with Gasteiger partial charge in [0.05, 0.1) is 19.7 Å². The van der Waals surface area contributed by atoms with Crippen LogP contribution >= 0.6 is 0 Å². The summed E-state index contributed by atoms with van der Waals surface area (Å²) in [4.78, 5) is 14.3. The zero-order chi connectivity index (χ0) is 17.1. The number of hydrogen-bond acceptors (Lipinski definition) is 4. The fourth-order valence-electron chi connectivity index (χ4n) is 2.62. The molecule has 0 spiro atoms. The number of nitrogens with zero attached hydrogens (tertiary/aromatic N) is 2. The number of carbonyl (C=O) groups excluding carboxylic acids is 1. The van der Waals surface area contributed by atoms with E-state index in [0.717, 1.165) is 16.5 Å². The van der Waals surface area contributed by atoms with Crippen molar-refractivity contribution in [3.63, 3.8) is 0 Å². The number of aromatic nitrogens is 2. The van der Waals surface area contributed by atoms with E-state index in [-0.39, 0.29) is 5.91 Å². The van der Waals surface area contributed by atoms with Crippen LogP contribution in [0.5, 0.6) is 11.5 Å². The van der Waals surface area contributed by atoms with Crippen LogP contribution in [0.1, 0.15) is 16.1 Å². The smallest absolute Gasteiger partial charge is 0.275 e. The van der Waals surface area contributed by atoms with Crippen LogP contribution in [0.15, 0.2) is 42.5 Å². The minimum Gasteiger partial charge on any atom is -0.497 e. The van der Waals surface area contributed by atoms with Crippen LogP contribution in [0.2, 0.25) is 0 Å². The Morgan fingerprint density at radius 2 is 1.96 bits per heavy atom. The fourth-order valence-corrected chi connectivity index (χ4v) is 2.62. The average molecular weight is 325 g/mol. The molecule has 0 atom stereocenters. The highest BCUT2D eigenvalue weighted by atomic mass is 16.5. The minimum absolute atomic E-state index is 0.148. The van der Waals surface area contributed by atoms with E-state index in [1.807, 2.05) is 36.4 Å². The molecule has 1 N–H and O–H groups in total. The summed E-state index contributed by atoms with van der Waals surface area (Å²) in [6.45, 7) is 0.410. The molecule has 3 rings (SSSR count). The van der Waals surface area contributed by atoms with Gasteiger partial charge in [0.15, 0.2) is 5.69 Å². The minimum atomic E-state index is -0.148. The van der Waals surface area contributed by atoms with Crippen LogP contribution in [0.25, 0.3) is 10.9 Å². The van der Waals surface area contributed by atoms with Gasteiger partial charge in [-0.05, 0) is 18.2 Å². The number of methoxy groups -OCH3 is 2. The van der Waals surface area contributed by atoms with Gasteiger partial charge in [-0.3, -0.25) is 9.89 Å². The third-order valence-corrected chi connectivity index (χ3v) is 3.92. The molecule has 1 heterocycles. The molecule has 0 fully saturated rings. The van der Waals surface area contributed by atoms with Crippen molar-refractivity contribution in [1.82, 2.24) is 15.1 Å². The zero-order valence-corrected chi connectivity index (χ0v) is 13.9. The highest BCUT2D eigenvalue weighted by Crippen LogP contribution is 2.26. The molecule has 0 saturated carbocycles. The van der Waals surface area contributed by atoms with Crippen LogP contribution in [-0.4, -0.2) is 42.3 Å². The Bertz CT molecular complexity index is 873. The largest absolute Gasteiger partial charge is 0.497 e. The number of fused-ring (bicyclic) bond motifs is 1. The Balaban J connectivity index is 1.84. The number of carbonyl (C=O) groups is 1. The number of ether oxygens (including phenoxy) is 2. The van der Waals surface area contributed by atoms with Crippen molar-refractivity contribution in [3.8, 4) is 11.5 Å². The first-order chi connectivity index (χ1) is 11.6. The highest BCUT2D eigenvalue weighted by Gasteiger charge is 2.19. The van der Waals surface area contributed by atoms with Gasteiger partial charge in [0.1, 0.15) is 11.5 Å². The third kappa shape index (κ3) is 2.90. The highest BCUT2D eigenvalue weighted by molar-refractivity contribution is 6.04. The SMILES string of the molecule is COc1ccc(CN(C)C(=O)c2n[nH]c3ccccc23)c(OC)c1. The molecule has 124 valence electrons. The van der Waals surface area contributed by atoms with E-state index >= 15 is 0 Å². The topological polar surface area (TPSA) is 67.5 Å². The van der Waals surface area contributed by atoms with Crippen molar-refractivity contribution in [2.24, 2.45) is 0 Å². The molecule has 0 aliphatic rings. The van der Waals surface area contributed by atoms with Crippen molar-refractivity contribution in [2.45, 2.75) is 6.54 Å². The number of para-hydroxylation sites is 1. The second-order valence-electron chi connectivity index (χ2n) is 5.46. The van der Waals surface area contributed by atoms with Crippen LogP contribution in [0.3, 0.4) is 0 Å². The van der Waals surface area contributed by atoms with Crippen molar-refractivity contribution in [1.29, 1.82) is 0 Å². The standard InChI is InChI=1S/C18H19N3O3/c1-21(11-12-8-9-13(23-2)10-16(12)24-3)18(22)17-14-6-4-5-7-15(14)19-20-17/h4-10H,11H2,1-3H3,(H,19,20). The maximum atomic E-state index is 12.7. The van der Waals surface area contributed by atoms with Gasteiger partial charge in [-0.25, -0.2) is 0 Å². The summed E-state index contributed by atoms with van der Waals surface area (Å²) < 4.78 is 10.6. The lowest BCUT2D eigenvalue weighted by Crippen LogP contribution is -2.27. The second-order valence-corrected chi connectivity index (χ2v) is 5.46. The molecule has 0 aliphatic heterocycles. The number of aromatic amines is 1. The first-order valence-electron chi connectivity index (χ1n) is 7.53. The van der Waals surface area contributed by atoms with Gasteiger partial charge in [-0.2, -0.15) is 5.10 Å². The molecule has 3 aromatic rings. The van der Waals surface area contributed by atoms with Crippen molar-refractivity contribution in [2.75, 3.05) is 21.3 Å². The lowest BCUT2D eigenvalue weighted by Gasteiger charge is -2.18. The number of hydrogen-bond donors (Lipinski definition) is 1. The van der Waals surface area contributed by atoms with E-state index in [1.54, 1.807) is 32.2 Å². The van der Waals surface area contributed by atoms with E-state index in [1.165, 1.54) is 0 Å². The van der Waals surface area contributed by atoms with Crippen molar-refractivity contribution < 1.29 is 14.3 Å². The lowest BCUT2D eigenvalue weighted by molar-refractivity contribution is 0.0780. The van der Waals surface area contributed by atoms with Crippen LogP contribution in [0, 0.1) is 0 Å². The molecule has 0 bridgehead atoms. The molecule has 6 nitrogen and oxygen atoms in total. The summed E-state index contributed by atoms with van der Waals surface area (Å²) in [5.74, 6) is 1.24. The molecule has 1 amide bonds. The Morgan fingerprint density at radius 3 is 2.71 bits per heavy atom. The van der Waals surface area contributed by atoms with E-state index in [2.05, 4.69) is 10.2 Å². The summed E-state index contributed by atoms with van der Waals surface area (Å²) >= 11 is 0. The van der Waals surface area contributed by atoms with Crippen LogP contribution in [0.4, 0.5) is 0 Å². The number of H-pyrrole nitrogens is 1. The average Bonchev–Trinajstić information content (AvgIpc) is 3.05. The molecular weight excluding hydrogens is 306 g/mol. The Hall–Kier alpha value is -3.02. The molecule has 2 aromatic carbocycles. The molecule has 6 heteroatoms. The summed E-state index contributed by atoms with van der Waals surface area (Å²) in [5.41, 5.74) is 2.16. The van der Waals surface area contributed by atoms with E-state index in [0.29, 0.717) is 23.7 Å². The summed E-state index contributed by atoms with van der Waals surface area (Å²) in [5, 5.41) is 7.86. The van der Waals surface area contributed by atoms with Gasteiger partial charge in [0.2, 0.25) is 0 Å². The monoisotopic (exact) mass is 325 g/mol. The number of amides is 1. The predicted octanol–water partition coefficient (Wildman–Crippen LogP) is 2.85. The lowest BCUT2D eigenvalue weighted by atomic mass is 10.1. The molecular formula is C18H19N3O3. The van der Waals surface area contributed by atoms with Crippen LogP contribution < -0.4 is 9.47 Å². The van der Waals surface area contributed by atoms with Gasteiger partial charge >= 0.3 is 0 Å². The Kier molecular flexibility index (Phi) is 4.37.